The largest absolute Gasteiger partial charge is 0.399 e. The summed E-state index contributed by atoms with van der Waals surface area (Å²) in [6.45, 7) is 5.81. The van der Waals surface area contributed by atoms with Gasteiger partial charge in [0.25, 0.3) is 0 Å². The van der Waals surface area contributed by atoms with Gasteiger partial charge in [0.2, 0.25) is 0 Å². The maximum atomic E-state index is 5.68. The van der Waals surface area contributed by atoms with Gasteiger partial charge >= 0.3 is 0 Å². The molecule has 17 heavy (non-hydrogen) atoms. The molecule has 2 aromatic rings. The molecule has 1 aromatic heterocycles. The SMILES string of the molecule is C=CC=C(C)c1ccc(-c2ccc(N)cc2)s1. The predicted octanol–water partition coefficient (Wildman–Crippen LogP) is 4.59. The lowest BCUT2D eigenvalue weighted by atomic mass is 10.1. The highest BCUT2D eigenvalue weighted by molar-refractivity contribution is 7.16. The van der Waals surface area contributed by atoms with E-state index in [9.17, 15) is 0 Å². The van der Waals surface area contributed by atoms with Crippen molar-refractivity contribution >= 4 is 22.6 Å². The summed E-state index contributed by atoms with van der Waals surface area (Å²) in [6, 6.07) is 12.3. The molecule has 1 nitrogen and oxygen atoms in total. The molecule has 2 rings (SSSR count). The van der Waals surface area contributed by atoms with Crippen molar-refractivity contribution in [2.24, 2.45) is 0 Å². The zero-order chi connectivity index (χ0) is 12.3. The van der Waals surface area contributed by atoms with Crippen molar-refractivity contribution in [3.63, 3.8) is 0 Å². The van der Waals surface area contributed by atoms with Crippen molar-refractivity contribution in [2.75, 3.05) is 5.73 Å². The first-order valence-electron chi connectivity index (χ1n) is 5.46. The van der Waals surface area contributed by atoms with Crippen LogP contribution >= 0.6 is 11.3 Å². The molecule has 2 N–H and O–H groups in total. The van der Waals surface area contributed by atoms with Gasteiger partial charge in [-0.2, -0.15) is 0 Å². The Morgan fingerprint density at radius 2 is 1.88 bits per heavy atom. The number of allylic oxidation sites excluding steroid dienone is 3. The first kappa shape index (κ1) is 11.7. The third kappa shape index (κ3) is 2.66. The molecule has 0 aliphatic carbocycles. The smallest absolute Gasteiger partial charge is 0.0349 e. The van der Waals surface area contributed by atoms with Gasteiger partial charge in [0.1, 0.15) is 0 Å². The highest BCUT2D eigenvalue weighted by atomic mass is 32.1. The van der Waals surface area contributed by atoms with Crippen LogP contribution in [0.3, 0.4) is 0 Å². The molecule has 0 spiro atoms. The second kappa shape index (κ2) is 5.02. The summed E-state index contributed by atoms with van der Waals surface area (Å²) in [5.41, 5.74) is 8.93. The molecule has 1 heterocycles. The fraction of sp³-hybridized carbons (Fsp3) is 0.0667. The molecular formula is C15H15NS. The number of rotatable bonds is 3. The number of benzene rings is 1. The number of anilines is 1. The molecular weight excluding hydrogens is 226 g/mol. The molecule has 0 radical (unpaired) electrons. The number of hydrogen-bond donors (Lipinski definition) is 1. The molecule has 2 heteroatoms. The molecule has 0 atom stereocenters. The van der Waals surface area contributed by atoms with E-state index in [1.807, 2.05) is 24.3 Å². The minimum absolute atomic E-state index is 0.799. The molecule has 1 aromatic carbocycles. The van der Waals surface area contributed by atoms with Crippen LogP contribution < -0.4 is 5.73 Å². The zero-order valence-electron chi connectivity index (χ0n) is 9.81. The van der Waals surface area contributed by atoms with Crippen LogP contribution in [0.1, 0.15) is 11.8 Å². The van der Waals surface area contributed by atoms with Gasteiger partial charge in [0.05, 0.1) is 0 Å². The van der Waals surface area contributed by atoms with Crippen molar-refractivity contribution in [2.45, 2.75) is 6.92 Å². The number of nitrogens with two attached hydrogens (primary N) is 1. The normalized spacial score (nSPS) is 11.5. The van der Waals surface area contributed by atoms with Crippen molar-refractivity contribution in [1.82, 2.24) is 0 Å². The van der Waals surface area contributed by atoms with E-state index in [1.54, 1.807) is 11.3 Å². The standard InChI is InChI=1S/C15H15NS/c1-3-4-11(2)14-9-10-15(17-14)12-5-7-13(16)8-6-12/h3-10H,1,16H2,2H3. The van der Waals surface area contributed by atoms with Crippen molar-refractivity contribution in [1.29, 1.82) is 0 Å². The first-order valence-corrected chi connectivity index (χ1v) is 6.28. The monoisotopic (exact) mass is 241 g/mol. The van der Waals surface area contributed by atoms with Gasteiger partial charge < -0.3 is 5.73 Å². The summed E-state index contributed by atoms with van der Waals surface area (Å²) in [5.74, 6) is 0. The Balaban J connectivity index is 2.32. The Hall–Kier alpha value is -1.80. The predicted molar refractivity (Wildman–Crippen MR) is 78.0 cm³/mol. The number of hydrogen-bond acceptors (Lipinski definition) is 2. The maximum Gasteiger partial charge on any atom is 0.0349 e. The topological polar surface area (TPSA) is 26.0 Å². The van der Waals surface area contributed by atoms with Crippen molar-refractivity contribution in [3.05, 3.63) is 60.0 Å². The van der Waals surface area contributed by atoms with Crippen molar-refractivity contribution < 1.29 is 0 Å². The average Bonchev–Trinajstić information content (AvgIpc) is 2.80. The highest BCUT2D eigenvalue weighted by Gasteiger charge is 2.03. The highest BCUT2D eigenvalue weighted by Crippen LogP contribution is 2.32. The van der Waals surface area contributed by atoms with Gasteiger partial charge in [0, 0.05) is 15.4 Å². The Kier molecular flexibility index (Phi) is 3.45. The number of thiophene rings is 1. The average molecular weight is 241 g/mol. The van der Waals surface area contributed by atoms with E-state index in [0.717, 1.165) is 5.69 Å². The second-order valence-corrected chi connectivity index (χ2v) is 4.96. The summed E-state index contributed by atoms with van der Waals surface area (Å²) in [5, 5.41) is 0. The summed E-state index contributed by atoms with van der Waals surface area (Å²) in [7, 11) is 0. The molecule has 0 aliphatic rings. The van der Waals surface area contributed by atoms with Crippen LogP contribution in [-0.2, 0) is 0 Å². The summed E-state index contributed by atoms with van der Waals surface area (Å²) < 4.78 is 0. The molecule has 0 amide bonds. The number of nitrogen functional groups attached to an aromatic ring is 1. The van der Waals surface area contributed by atoms with E-state index in [4.69, 9.17) is 5.73 Å². The lowest BCUT2D eigenvalue weighted by Gasteiger charge is -1.98. The van der Waals surface area contributed by atoms with Gasteiger partial charge in [-0.15, -0.1) is 11.3 Å². The minimum Gasteiger partial charge on any atom is -0.399 e. The first-order chi connectivity index (χ1) is 8.20. The Morgan fingerprint density at radius 3 is 2.53 bits per heavy atom. The van der Waals surface area contributed by atoms with Gasteiger partial charge in [-0.05, 0) is 42.3 Å². The van der Waals surface area contributed by atoms with Crippen molar-refractivity contribution in [3.8, 4) is 10.4 Å². The molecule has 0 fully saturated rings. The minimum atomic E-state index is 0.799. The van der Waals surface area contributed by atoms with Gasteiger partial charge in [-0.3, -0.25) is 0 Å². The van der Waals surface area contributed by atoms with Crippen LogP contribution in [0.15, 0.2) is 55.1 Å². The lowest BCUT2D eigenvalue weighted by molar-refractivity contribution is 1.67. The molecule has 86 valence electrons. The fourth-order valence-corrected chi connectivity index (χ4v) is 2.60. The fourth-order valence-electron chi connectivity index (χ4n) is 1.61. The van der Waals surface area contributed by atoms with E-state index < -0.39 is 0 Å². The van der Waals surface area contributed by atoms with E-state index in [2.05, 4.69) is 37.8 Å². The molecule has 0 aliphatic heterocycles. The van der Waals surface area contributed by atoms with Crippen LogP contribution in [0.2, 0.25) is 0 Å². The molecule has 0 bridgehead atoms. The molecule has 0 saturated heterocycles. The Morgan fingerprint density at radius 1 is 1.18 bits per heavy atom. The Bertz CT molecular complexity index is 547. The quantitative estimate of drug-likeness (QED) is 0.617. The third-order valence-corrected chi connectivity index (χ3v) is 3.83. The second-order valence-electron chi connectivity index (χ2n) is 3.87. The van der Waals surface area contributed by atoms with E-state index in [1.165, 1.54) is 20.9 Å². The van der Waals surface area contributed by atoms with Gasteiger partial charge in [-0.25, -0.2) is 0 Å². The lowest BCUT2D eigenvalue weighted by Crippen LogP contribution is -1.82. The van der Waals surface area contributed by atoms with Crippen LogP contribution in [0, 0.1) is 0 Å². The summed E-state index contributed by atoms with van der Waals surface area (Å²) in [6.07, 6.45) is 3.84. The van der Waals surface area contributed by atoms with Gasteiger partial charge in [-0.1, -0.05) is 30.9 Å². The van der Waals surface area contributed by atoms with Crippen LogP contribution in [0.4, 0.5) is 5.69 Å². The van der Waals surface area contributed by atoms with E-state index in [0.29, 0.717) is 0 Å². The van der Waals surface area contributed by atoms with Crippen LogP contribution in [0.25, 0.3) is 16.0 Å². The zero-order valence-corrected chi connectivity index (χ0v) is 10.6. The molecule has 0 unspecified atom stereocenters. The maximum absolute atomic E-state index is 5.68. The van der Waals surface area contributed by atoms with E-state index >= 15 is 0 Å². The van der Waals surface area contributed by atoms with Crippen LogP contribution in [-0.4, -0.2) is 0 Å². The van der Waals surface area contributed by atoms with Crippen LogP contribution in [0.5, 0.6) is 0 Å². The third-order valence-electron chi connectivity index (χ3n) is 2.56. The summed E-state index contributed by atoms with van der Waals surface area (Å²) in [4.78, 5) is 2.54. The van der Waals surface area contributed by atoms with Gasteiger partial charge in [0.15, 0.2) is 0 Å². The Labute approximate surface area is 106 Å². The summed E-state index contributed by atoms with van der Waals surface area (Å²) >= 11 is 1.78. The van der Waals surface area contributed by atoms with E-state index in [-0.39, 0.29) is 0 Å². The molecule has 0 saturated carbocycles.